The Hall–Kier alpha value is -2.23. The zero-order valence-corrected chi connectivity index (χ0v) is 15.9. The van der Waals surface area contributed by atoms with Crippen LogP contribution in [-0.2, 0) is 20.3 Å². The van der Waals surface area contributed by atoms with Crippen molar-refractivity contribution < 1.29 is 26.7 Å². The Morgan fingerprint density at radius 2 is 1.96 bits per heavy atom. The summed E-state index contributed by atoms with van der Waals surface area (Å²) in [5, 5.41) is 2.73. The Morgan fingerprint density at radius 1 is 1.35 bits per heavy atom. The van der Waals surface area contributed by atoms with Gasteiger partial charge in [-0.3, -0.25) is 0 Å². The number of sulfonamides is 1. The molecule has 2 rings (SSSR count). The zero-order chi connectivity index (χ0) is 19.9. The Bertz CT molecular complexity index is 865. The molecular weight excluding hydrogens is 368 g/mol. The SMILES string of the molecule is CN1/C(=N\C(=O)OC(C)(C)C)N[C@](C)(c2cc(F)ccc2F)CS1(=O)=O. The molecule has 0 radical (unpaired) electrons. The first-order chi connectivity index (χ1) is 11.7. The van der Waals surface area contributed by atoms with E-state index in [0.29, 0.717) is 0 Å². The van der Waals surface area contributed by atoms with Crippen LogP contribution in [0.1, 0.15) is 33.3 Å². The third kappa shape index (κ3) is 4.29. The summed E-state index contributed by atoms with van der Waals surface area (Å²) in [6.07, 6.45) is -1.01. The van der Waals surface area contributed by atoms with Crippen molar-refractivity contribution in [3.8, 4) is 0 Å². The van der Waals surface area contributed by atoms with E-state index in [-0.39, 0.29) is 11.5 Å². The molecule has 1 aliphatic heterocycles. The lowest BCUT2D eigenvalue weighted by Gasteiger charge is -2.40. The molecule has 1 saturated heterocycles. The number of hydrogen-bond donors (Lipinski definition) is 1. The molecule has 0 saturated carbocycles. The summed E-state index contributed by atoms with van der Waals surface area (Å²) in [6.45, 7) is 6.28. The van der Waals surface area contributed by atoms with Crippen molar-refractivity contribution in [2.45, 2.75) is 38.8 Å². The lowest BCUT2D eigenvalue weighted by atomic mass is 9.93. The van der Waals surface area contributed by atoms with Crippen LogP contribution in [0, 0.1) is 11.6 Å². The first-order valence-corrected chi connectivity index (χ1v) is 9.36. The molecule has 26 heavy (non-hydrogen) atoms. The van der Waals surface area contributed by atoms with Gasteiger partial charge in [0.15, 0.2) is 0 Å². The van der Waals surface area contributed by atoms with Gasteiger partial charge < -0.3 is 10.1 Å². The van der Waals surface area contributed by atoms with Gasteiger partial charge in [0.05, 0.1) is 11.3 Å². The summed E-state index contributed by atoms with van der Waals surface area (Å²) in [4.78, 5) is 15.6. The van der Waals surface area contributed by atoms with Gasteiger partial charge in [0, 0.05) is 12.6 Å². The van der Waals surface area contributed by atoms with Crippen LogP contribution >= 0.6 is 0 Å². The van der Waals surface area contributed by atoms with Crippen molar-refractivity contribution in [3.05, 3.63) is 35.4 Å². The molecule has 7 nitrogen and oxygen atoms in total. The fourth-order valence-corrected chi connectivity index (χ4v) is 3.99. The lowest BCUT2D eigenvalue weighted by Crippen LogP contribution is -2.61. The van der Waals surface area contributed by atoms with Crippen LogP contribution in [0.5, 0.6) is 0 Å². The van der Waals surface area contributed by atoms with Crippen LogP contribution in [0.4, 0.5) is 13.6 Å². The molecule has 1 heterocycles. The third-order valence-electron chi connectivity index (χ3n) is 3.69. The van der Waals surface area contributed by atoms with Crippen LogP contribution in [0.25, 0.3) is 0 Å². The first-order valence-electron chi connectivity index (χ1n) is 7.75. The largest absolute Gasteiger partial charge is 0.442 e. The molecule has 0 aliphatic carbocycles. The average molecular weight is 389 g/mol. The summed E-state index contributed by atoms with van der Waals surface area (Å²) >= 11 is 0. The van der Waals surface area contributed by atoms with Crippen molar-refractivity contribution in [2.75, 3.05) is 12.8 Å². The number of nitrogens with zero attached hydrogens (tertiary/aromatic N) is 2. The molecule has 1 fully saturated rings. The molecule has 0 unspecified atom stereocenters. The van der Waals surface area contributed by atoms with Crippen molar-refractivity contribution in [1.29, 1.82) is 0 Å². The quantitative estimate of drug-likeness (QED) is 0.797. The van der Waals surface area contributed by atoms with Gasteiger partial charge in [0.2, 0.25) is 16.0 Å². The number of rotatable bonds is 1. The van der Waals surface area contributed by atoms with Gasteiger partial charge in [-0.2, -0.15) is 0 Å². The van der Waals surface area contributed by atoms with Crippen molar-refractivity contribution in [3.63, 3.8) is 0 Å². The van der Waals surface area contributed by atoms with Crippen LogP contribution in [-0.4, -0.2) is 43.2 Å². The number of halogens is 2. The number of amides is 1. The van der Waals surface area contributed by atoms with Crippen LogP contribution in [0.15, 0.2) is 23.2 Å². The summed E-state index contributed by atoms with van der Waals surface area (Å²) < 4.78 is 58.6. The predicted octanol–water partition coefficient (Wildman–Crippen LogP) is 2.34. The van der Waals surface area contributed by atoms with Crippen LogP contribution in [0.2, 0.25) is 0 Å². The number of hydrogen-bond acceptors (Lipinski definition) is 4. The summed E-state index contributed by atoms with van der Waals surface area (Å²) in [6, 6.07) is 2.75. The van der Waals surface area contributed by atoms with E-state index in [9.17, 15) is 22.0 Å². The number of nitrogens with one attached hydrogen (secondary N) is 1. The maximum absolute atomic E-state index is 14.2. The maximum atomic E-state index is 14.2. The standard InChI is InChI=1S/C16H21F2N3O4S/c1-15(2,3)25-14(22)19-13-20-16(4,9-26(23,24)21(13)5)11-8-10(17)6-7-12(11)18/h6-8H,9H2,1-5H3,(H,19,20,22)/t16-/m0/s1. The number of aliphatic imine (C=N–C) groups is 1. The number of carbonyl (C=O) groups is 1. The smallest absolute Gasteiger partial charge is 0.437 e. The number of benzene rings is 1. The van der Waals surface area contributed by atoms with Crippen molar-refractivity contribution in [1.82, 2.24) is 9.62 Å². The molecule has 1 N–H and O–H groups in total. The van der Waals surface area contributed by atoms with Gasteiger partial charge in [0.1, 0.15) is 17.2 Å². The molecule has 10 heteroatoms. The Morgan fingerprint density at radius 3 is 2.54 bits per heavy atom. The van der Waals surface area contributed by atoms with E-state index < -0.39 is 44.6 Å². The van der Waals surface area contributed by atoms with E-state index in [1.54, 1.807) is 20.8 Å². The molecule has 1 aliphatic rings. The van der Waals surface area contributed by atoms with Crippen molar-refractivity contribution >= 4 is 22.1 Å². The molecule has 1 aromatic rings. The molecule has 144 valence electrons. The summed E-state index contributed by atoms with van der Waals surface area (Å²) in [5.74, 6) is -2.38. The minimum absolute atomic E-state index is 0.189. The highest BCUT2D eigenvalue weighted by molar-refractivity contribution is 7.89. The van der Waals surface area contributed by atoms with Gasteiger partial charge >= 0.3 is 6.09 Å². The van der Waals surface area contributed by atoms with Crippen molar-refractivity contribution in [2.24, 2.45) is 4.99 Å². The summed E-state index contributed by atoms with van der Waals surface area (Å²) in [5.41, 5.74) is -2.55. The molecular formula is C16H21F2N3O4S. The zero-order valence-electron chi connectivity index (χ0n) is 15.1. The van der Waals surface area contributed by atoms with Crippen LogP contribution in [0.3, 0.4) is 0 Å². The molecule has 1 aromatic carbocycles. The lowest BCUT2D eigenvalue weighted by molar-refractivity contribution is 0.0602. The van der Waals surface area contributed by atoms with Crippen LogP contribution < -0.4 is 5.32 Å². The monoisotopic (exact) mass is 389 g/mol. The second-order valence-electron chi connectivity index (χ2n) is 7.22. The molecule has 0 bridgehead atoms. The van der Waals surface area contributed by atoms with Gasteiger partial charge in [0.25, 0.3) is 0 Å². The predicted molar refractivity (Wildman–Crippen MR) is 92.1 cm³/mol. The van der Waals surface area contributed by atoms with Gasteiger partial charge in [-0.05, 0) is 45.9 Å². The Kier molecular flexibility index (Phi) is 5.02. The molecule has 1 atom stereocenters. The van der Waals surface area contributed by atoms with E-state index in [1.807, 2.05) is 0 Å². The van der Waals surface area contributed by atoms with E-state index in [4.69, 9.17) is 4.74 Å². The van der Waals surface area contributed by atoms with Gasteiger partial charge in [-0.15, -0.1) is 4.99 Å². The van der Waals surface area contributed by atoms with Gasteiger partial charge in [-0.1, -0.05) is 0 Å². The topological polar surface area (TPSA) is 88.1 Å². The fraction of sp³-hybridized carbons (Fsp3) is 0.500. The number of ether oxygens (including phenoxy) is 1. The van der Waals surface area contributed by atoms with E-state index >= 15 is 0 Å². The first kappa shape index (κ1) is 20.1. The minimum atomic E-state index is -3.94. The minimum Gasteiger partial charge on any atom is -0.442 e. The Balaban J connectivity index is 2.49. The third-order valence-corrected chi connectivity index (χ3v) is 5.64. The average Bonchev–Trinajstić information content (AvgIpc) is 2.44. The highest BCUT2D eigenvalue weighted by atomic mass is 32.2. The highest BCUT2D eigenvalue weighted by Crippen LogP contribution is 2.30. The van der Waals surface area contributed by atoms with E-state index in [1.165, 1.54) is 14.0 Å². The highest BCUT2D eigenvalue weighted by Gasteiger charge is 2.44. The summed E-state index contributed by atoms with van der Waals surface area (Å²) in [7, 11) is -2.74. The van der Waals surface area contributed by atoms with E-state index in [0.717, 1.165) is 22.5 Å². The molecule has 0 spiro atoms. The molecule has 0 aromatic heterocycles. The van der Waals surface area contributed by atoms with Gasteiger partial charge in [-0.25, -0.2) is 26.3 Å². The second kappa shape index (κ2) is 6.49. The maximum Gasteiger partial charge on any atom is 0.437 e. The van der Waals surface area contributed by atoms with E-state index in [2.05, 4.69) is 10.3 Å². The normalized spacial score (nSPS) is 24.3. The Labute approximate surface area is 151 Å². The number of carbonyl (C=O) groups excluding carboxylic acids is 1. The second-order valence-corrected chi connectivity index (χ2v) is 9.22. The molecule has 1 amide bonds. The number of guanidine groups is 1. The fourth-order valence-electron chi connectivity index (χ4n) is 2.49.